The topological polar surface area (TPSA) is 44.5 Å². The van der Waals surface area contributed by atoms with Gasteiger partial charge in [0.25, 0.3) is 0 Å². The van der Waals surface area contributed by atoms with E-state index in [0.717, 1.165) is 33.9 Å². The Morgan fingerprint density at radius 3 is 2.17 bits per heavy atom. The fourth-order valence-corrected chi connectivity index (χ4v) is 2.51. The maximum absolute atomic E-state index is 6.21. The highest BCUT2D eigenvalue weighted by Crippen LogP contribution is 2.41. The smallest absolute Gasteiger partial charge is 0.137 e. The highest BCUT2D eigenvalue weighted by atomic mass is 79.9. The van der Waals surface area contributed by atoms with Crippen molar-refractivity contribution >= 4 is 28.3 Å². The second kappa shape index (κ2) is 6.64. The Hall–Kier alpha value is -0.450. The van der Waals surface area contributed by atoms with E-state index < -0.39 is 0 Å². The maximum Gasteiger partial charge on any atom is 0.137 e. The van der Waals surface area contributed by atoms with E-state index in [0.29, 0.717) is 0 Å². The number of benzene rings is 1. The molecule has 1 saturated carbocycles. The third-order valence-corrected chi connectivity index (χ3v) is 3.96. The van der Waals surface area contributed by atoms with E-state index in [1.54, 1.807) is 14.2 Å². The van der Waals surface area contributed by atoms with E-state index in [4.69, 9.17) is 15.2 Å². The van der Waals surface area contributed by atoms with Crippen LogP contribution in [0.5, 0.6) is 11.5 Å². The van der Waals surface area contributed by atoms with Crippen LogP contribution in [0.25, 0.3) is 0 Å². The SMILES string of the molecule is COc1cc([C@H](N)CC2CC2)cc(OC)c1Br.Cl. The highest BCUT2D eigenvalue weighted by molar-refractivity contribution is 9.10. The first-order chi connectivity index (χ1) is 8.15. The number of hydrogen-bond acceptors (Lipinski definition) is 3. The van der Waals surface area contributed by atoms with Gasteiger partial charge in [0.1, 0.15) is 16.0 Å². The molecular weight excluding hydrogens is 318 g/mol. The van der Waals surface area contributed by atoms with Crippen molar-refractivity contribution in [2.75, 3.05) is 14.2 Å². The molecule has 5 heteroatoms. The highest BCUT2D eigenvalue weighted by Gasteiger charge is 2.25. The molecule has 1 aliphatic rings. The van der Waals surface area contributed by atoms with Crippen LogP contribution >= 0.6 is 28.3 Å². The summed E-state index contributed by atoms with van der Waals surface area (Å²) >= 11 is 3.46. The van der Waals surface area contributed by atoms with Crippen LogP contribution in [0.1, 0.15) is 30.9 Å². The minimum absolute atomic E-state index is 0. The Labute approximate surface area is 123 Å². The Morgan fingerprint density at radius 1 is 1.28 bits per heavy atom. The standard InChI is InChI=1S/C13H18BrNO2.ClH/c1-16-11-6-9(7-12(17-2)13(11)14)10(15)5-8-3-4-8;/h6-8,10H,3-5,15H2,1-2H3;1H/t10-;/m1./s1. The van der Waals surface area contributed by atoms with Gasteiger partial charge in [-0.2, -0.15) is 0 Å². The summed E-state index contributed by atoms with van der Waals surface area (Å²) in [4.78, 5) is 0. The molecule has 102 valence electrons. The molecule has 0 bridgehead atoms. The van der Waals surface area contributed by atoms with Gasteiger partial charge in [-0.25, -0.2) is 0 Å². The van der Waals surface area contributed by atoms with Crippen molar-refractivity contribution in [1.29, 1.82) is 0 Å². The fourth-order valence-electron chi connectivity index (χ4n) is 1.95. The lowest BCUT2D eigenvalue weighted by Gasteiger charge is -2.16. The van der Waals surface area contributed by atoms with Crippen molar-refractivity contribution in [3.8, 4) is 11.5 Å². The zero-order valence-electron chi connectivity index (χ0n) is 10.6. The molecule has 3 nitrogen and oxygen atoms in total. The summed E-state index contributed by atoms with van der Waals surface area (Å²) in [6.07, 6.45) is 3.69. The lowest BCUT2D eigenvalue weighted by molar-refractivity contribution is 0.387. The average Bonchev–Trinajstić information content (AvgIpc) is 3.13. The van der Waals surface area contributed by atoms with Gasteiger partial charge in [0.2, 0.25) is 0 Å². The minimum Gasteiger partial charge on any atom is -0.495 e. The molecule has 0 aliphatic heterocycles. The molecule has 0 saturated heterocycles. The minimum atomic E-state index is 0. The molecule has 0 heterocycles. The summed E-state index contributed by atoms with van der Waals surface area (Å²) in [6.45, 7) is 0. The molecule has 2 rings (SSSR count). The Morgan fingerprint density at radius 2 is 1.78 bits per heavy atom. The van der Waals surface area contributed by atoms with Gasteiger partial charge >= 0.3 is 0 Å². The monoisotopic (exact) mass is 335 g/mol. The van der Waals surface area contributed by atoms with E-state index >= 15 is 0 Å². The van der Waals surface area contributed by atoms with E-state index in [9.17, 15) is 0 Å². The Kier molecular flexibility index (Phi) is 5.76. The number of hydrogen-bond donors (Lipinski definition) is 1. The van der Waals surface area contributed by atoms with Crippen molar-refractivity contribution in [1.82, 2.24) is 0 Å². The molecule has 1 fully saturated rings. The molecule has 18 heavy (non-hydrogen) atoms. The van der Waals surface area contributed by atoms with Crippen LogP contribution in [0.2, 0.25) is 0 Å². The summed E-state index contributed by atoms with van der Waals surface area (Å²) < 4.78 is 11.5. The Bertz CT molecular complexity index is 385. The number of methoxy groups -OCH3 is 2. The first kappa shape index (κ1) is 15.6. The van der Waals surface area contributed by atoms with Crippen molar-refractivity contribution in [2.24, 2.45) is 11.7 Å². The van der Waals surface area contributed by atoms with Crippen LogP contribution in [-0.4, -0.2) is 14.2 Å². The van der Waals surface area contributed by atoms with Gasteiger partial charge < -0.3 is 15.2 Å². The zero-order chi connectivity index (χ0) is 12.4. The summed E-state index contributed by atoms with van der Waals surface area (Å²) in [5.41, 5.74) is 7.28. The number of nitrogens with two attached hydrogens (primary N) is 1. The summed E-state index contributed by atoms with van der Waals surface area (Å²) in [5, 5.41) is 0. The van der Waals surface area contributed by atoms with Gasteiger partial charge in [-0.15, -0.1) is 12.4 Å². The molecule has 0 radical (unpaired) electrons. The molecule has 0 spiro atoms. The van der Waals surface area contributed by atoms with E-state index in [1.807, 2.05) is 12.1 Å². The molecule has 0 amide bonds. The molecule has 0 unspecified atom stereocenters. The van der Waals surface area contributed by atoms with Crippen molar-refractivity contribution < 1.29 is 9.47 Å². The predicted molar refractivity (Wildman–Crippen MR) is 78.8 cm³/mol. The van der Waals surface area contributed by atoms with Crippen molar-refractivity contribution in [3.05, 3.63) is 22.2 Å². The third kappa shape index (κ3) is 3.53. The first-order valence-electron chi connectivity index (χ1n) is 5.82. The number of rotatable bonds is 5. The first-order valence-corrected chi connectivity index (χ1v) is 6.62. The van der Waals surface area contributed by atoms with Gasteiger partial charge in [-0.3, -0.25) is 0 Å². The van der Waals surface area contributed by atoms with Crippen LogP contribution in [0.4, 0.5) is 0 Å². The second-order valence-electron chi connectivity index (χ2n) is 4.52. The molecule has 1 atom stereocenters. The normalized spacial score (nSPS) is 15.8. The maximum atomic E-state index is 6.21. The largest absolute Gasteiger partial charge is 0.495 e. The van der Waals surface area contributed by atoms with Gasteiger partial charge in [-0.1, -0.05) is 12.8 Å². The van der Waals surface area contributed by atoms with Crippen LogP contribution in [0.3, 0.4) is 0 Å². The van der Waals surface area contributed by atoms with E-state index in [-0.39, 0.29) is 18.4 Å². The molecule has 1 aromatic rings. The van der Waals surface area contributed by atoms with Gasteiger partial charge in [0, 0.05) is 6.04 Å². The average molecular weight is 337 g/mol. The van der Waals surface area contributed by atoms with Crippen LogP contribution in [-0.2, 0) is 0 Å². The van der Waals surface area contributed by atoms with Gasteiger partial charge in [-0.05, 0) is 46.0 Å². The van der Waals surface area contributed by atoms with Crippen LogP contribution in [0, 0.1) is 5.92 Å². The molecule has 1 aliphatic carbocycles. The lowest BCUT2D eigenvalue weighted by Crippen LogP contribution is -2.11. The van der Waals surface area contributed by atoms with Crippen molar-refractivity contribution in [3.63, 3.8) is 0 Å². The predicted octanol–water partition coefficient (Wildman–Crippen LogP) is 3.69. The molecule has 2 N–H and O–H groups in total. The summed E-state index contributed by atoms with van der Waals surface area (Å²) in [5.74, 6) is 2.35. The lowest BCUT2D eigenvalue weighted by atomic mass is 10.0. The number of ether oxygens (including phenoxy) is 2. The van der Waals surface area contributed by atoms with Crippen molar-refractivity contribution in [2.45, 2.75) is 25.3 Å². The van der Waals surface area contributed by atoms with Gasteiger partial charge in [0.05, 0.1) is 14.2 Å². The van der Waals surface area contributed by atoms with E-state index in [2.05, 4.69) is 15.9 Å². The van der Waals surface area contributed by atoms with E-state index in [1.165, 1.54) is 12.8 Å². The second-order valence-corrected chi connectivity index (χ2v) is 5.32. The third-order valence-electron chi connectivity index (χ3n) is 3.18. The quantitative estimate of drug-likeness (QED) is 0.892. The molecular formula is C13H19BrClNO2. The van der Waals surface area contributed by atoms with Crippen LogP contribution in [0.15, 0.2) is 16.6 Å². The molecule has 1 aromatic carbocycles. The zero-order valence-corrected chi connectivity index (χ0v) is 13.0. The molecule has 0 aromatic heterocycles. The number of halogens is 2. The van der Waals surface area contributed by atoms with Gasteiger partial charge in [0.15, 0.2) is 0 Å². The summed E-state index contributed by atoms with van der Waals surface area (Å²) in [6, 6.07) is 4.04. The fraction of sp³-hybridized carbons (Fsp3) is 0.538. The summed E-state index contributed by atoms with van der Waals surface area (Å²) in [7, 11) is 3.30. The Balaban J connectivity index is 0.00000162. The van der Waals surface area contributed by atoms with Crippen LogP contribution < -0.4 is 15.2 Å².